The quantitative estimate of drug-likeness (QED) is 0.196. The van der Waals surface area contributed by atoms with Gasteiger partial charge >= 0.3 is 12.1 Å². The van der Waals surface area contributed by atoms with Crippen molar-refractivity contribution < 1.29 is 37.4 Å². The Labute approximate surface area is 237 Å². The molecule has 0 bridgehead atoms. The van der Waals surface area contributed by atoms with Crippen molar-refractivity contribution in [3.8, 4) is 0 Å². The number of esters is 1. The Bertz CT molecular complexity index is 1540. The average molecular weight is 585 g/mol. The molecule has 1 fully saturated rings. The number of benzene rings is 2. The molecule has 1 unspecified atom stereocenters. The van der Waals surface area contributed by atoms with Crippen LogP contribution in [0.1, 0.15) is 64.6 Å². The van der Waals surface area contributed by atoms with E-state index in [4.69, 9.17) is 4.74 Å². The molecule has 1 atom stereocenters. The number of rotatable bonds is 8. The standard InChI is InChI=1S/C28H27F3N6O5/c1-26(2)19-12-16(8-9-17(19)23(40)42-26)33-25-32-13-18(21(35-25)34-20(14-38)15-6-4-3-5-7-15)22(39)36-37-24(41)27(10-11-27)28(29,30)31/h3-9,12-13,20,38H,10-11,14H2,1-2H3,(H,36,39)(H,37,41)(H2,32,33,34,35). The second-order valence-electron chi connectivity index (χ2n) is 10.5. The van der Waals surface area contributed by atoms with Crippen LogP contribution in [0.2, 0.25) is 0 Å². The summed E-state index contributed by atoms with van der Waals surface area (Å²) in [4.78, 5) is 45.9. The molecule has 3 aromatic rings. The second kappa shape index (κ2) is 10.6. The van der Waals surface area contributed by atoms with E-state index in [0.717, 1.165) is 6.20 Å². The maximum atomic E-state index is 13.3. The summed E-state index contributed by atoms with van der Waals surface area (Å²) in [7, 11) is 0. The molecule has 0 radical (unpaired) electrons. The van der Waals surface area contributed by atoms with Crippen LogP contribution in [-0.4, -0.2) is 45.6 Å². The minimum atomic E-state index is -4.75. The number of hydrogen-bond donors (Lipinski definition) is 5. The smallest absolute Gasteiger partial charge is 0.403 e. The van der Waals surface area contributed by atoms with E-state index in [1.165, 1.54) is 0 Å². The summed E-state index contributed by atoms with van der Waals surface area (Å²) in [6.45, 7) is 3.11. The molecule has 42 heavy (non-hydrogen) atoms. The lowest BCUT2D eigenvalue weighted by Crippen LogP contribution is -2.49. The Morgan fingerprint density at radius 2 is 1.81 bits per heavy atom. The van der Waals surface area contributed by atoms with Gasteiger partial charge < -0.3 is 20.5 Å². The number of nitrogens with zero attached hydrogens (tertiary/aromatic N) is 2. The first-order valence-electron chi connectivity index (χ1n) is 13.0. The normalized spacial score (nSPS) is 17.0. The van der Waals surface area contributed by atoms with Crippen molar-refractivity contribution in [1.29, 1.82) is 0 Å². The Morgan fingerprint density at radius 3 is 2.45 bits per heavy atom. The van der Waals surface area contributed by atoms with Crippen molar-refractivity contribution in [3.05, 3.63) is 77.0 Å². The van der Waals surface area contributed by atoms with Gasteiger partial charge in [-0.1, -0.05) is 30.3 Å². The molecule has 1 aromatic heterocycles. The minimum Gasteiger partial charge on any atom is -0.451 e. The number of halogens is 3. The predicted octanol–water partition coefficient (Wildman–Crippen LogP) is 3.87. The molecule has 0 saturated heterocycles. The zero-order chi connectivity index (χ0) is 30.3. The fourth-order valence-electron chi connectivity index (χ4n) is 4.64. The number of anilines is 3. The van der Waals surface area contributed by atoms with Gasteiger partial charge in [-0.3, -0.25) is 20.4 Å². The Balaban J connectivity index is 1.41. The summed E-state index contributed by atoms with van der Waals surface area (Å²) in [5.41, 5.74) is 2.55. The first kappa shape index (κ1) is 28.8. The summed E-state index contributed by atoms with van der Waals surface area (Å²) in [5, 5.41) is 16.0. The number of carbonyl (C=O) groups excluding carboxylic acids is 3. The van der Waals surface area contributed by atoms with E-state index in [2.05, 4.69) is 20.6 Å². The number of hydrogen-bond acceptors (Lipinski definition) is 9. The monoisotopic (exact) mass is 584 g/mol. The summed E-state index contributed by atoms with van der Waals surface area (Å²) < 4.78 is 45.3. The Hall–Kier alpha value is -4.72. The van der Waals surface area contributed by atoms with E-state index in [1.807, 2.05) is 10.9 Å². The van der Waals surface area contributed by atoms with Crippen molar-refractivity contribution in [2.75, 3.05) is 17.2 Å². The number of aliphatic hydroxyl groups is 1. The van der Waals surface area contributed by atoms with Gasteiger partial charge in [-0.15, -0.1) is 0 Å². The van der Waals surface area contributed by atoms with E-state index in [9.17, 15) is 32.7 Å². The first-order chi connectivity index (χ1) is 19.8. The minimum absolute atomic E-state index is 0.0276. The van der Waals surface area contributed by atoms with Crippen molar-refractivity contribution in [1.82, 2.24) is 20.8 Å². The van der Waals surface area contributed by atoms with Crippen molar-refractivity contribution in [3.63, 3.8) is 0 Å². The van der Waals surface area contributed by atoms with Gasteiger partial charge in [-0.2, -0.15) is 18.2 Å². The molecule has 2 heterocycles. The van der Waals surface area contributed by atoms with Crippen LogP contribution >= 0.6 is 0 Å². The number of amides is 2. The molecular weight excluding hydrogens is 557 g/mol. The van der Waals surface area contributed by atoms with Gasteiger partial charge in [-0.25, -0.2) is 9.78 Å². The van der Waals surface area contributed by atoms with Gasteiger partial charge in [0.25, 0.3) is 11.8 Å². The van der Waals surface area contributed by atoms with E-state index in [0.29, 0.717) is 22.4 Å². The van der Waals surface area contributed by atoms with E-state index in [1.54, 1.807) is 62.4 Å². The molecule has 1 aliphatic carbocycles. The van der Waals surface area contributed by atoms with Crippen molar-refractivity contribution >= 4 is 35.2 Å². The van der Waals surface area contributed by atoms with Gasteiger partial charge in [0.15, 0.2) is 0 Å². The van der Waals surface area contributed by atoms with Crippen LogP contribution in [-0.2, 0) is 15.1 Å². The number of hydrazine groups is 1. The molecular formula is C28H27F3N6O5. The zero-order valence-corrected chi connectivity index (χ0v) is 22.5. The highest BCUT2D eigenvalue weighted by Gasteiger charge is 2.68. The molecule has 0 spiro atoms. The lowest BCUT2D eigenvalue weighted by atomic mass is 9.95. The number of aromatic nitrogens is 2. The molecule has 5 rings (SSSR count). The maximum Gasteiger partial charge on any atom is 0.403 e. The topological polar surface area (TPSA) is 155 Å². The van der Waals surface area contributed by atoms with Gasteiger partial charge in [0, 0.05) is 17.4 Å². The Kier molecular flexibility index (Phi) is 7.27. The number of cyclic esters (lactones) is 1. The maximum absolute atomic E-state index is 13.3. The van der Waals surface area contributed by atoms with Gasteiger partial charge in [0.05, 0.1) is 18.2 Å². The molecule has 2 aromatic carbocycles. The van der Waals surface area contributed by atoms with Crippen LogP contribution in [0.3, 0.4) is 0 Å². The van der Waals surface area contributed by atoms with Gasteiger partial charge in [0.1, 0.15) is 22.4 Å². The Morgan fingerprint density at radius 1 is 1.10 bits per heavy atom. The average Bonchev–Trinajstić information content (AvgIpc) is 3.74. The number of aliphatic hydroxyl groups excluding tert-OH is 1. The van der Waals surface area contributed by atoms with Crippen LogP contribution in [0.15, 0.2) is 54.7 Å². The van der Waals surface area contributed by atoms with E-state index < -0.39 is 47.6 Å². The van der Waals surface area contributed by atoms with Crippen molar-refractivity contribution in [2.45, 2.75) is 44.5 Å². The fourth-order valence-corrected chi connectivity index (χ4v) is 4.64. The first-order valence-corrected chi connectivity index (χ1v) is 13.0. The zero-order valence-electron chi connectivity index (χ0n) is 22.5. The number of ether oxygens (including phenoxy) is 1. The molecule has 11 nitrogen and oxygen atoms in total. The van der Waals surface area contributed by atoms with Crippen LogP contribution in [0, 0.1) is 5.41 Å². The van der Waals surface area contributed by atoms with Crippen LogP contribution in [0.25, 0.3) is 0 Å². The molecule has 220 valence electrons. The summed E-state index contributed by atoms with van der Waals surface area (Å²) >= 11 is 0. The number of fused-ring (bicyclic) bond motifs is 1. The molecule has 1 aliphatic heterocycles. The molecule has 14 heteroatoms. The largest absolute Gasteiger partial charge is 0.451 e. The third-order valence-corrected chi connectivity index (χ3v) is 7.24. The SMILES string of the molecule is CC1(C)OC(=O)c2ccc(Nc3ncc(C(=O)NNC(=O)C4(C(F)(F)F)CC4)c(NC(CO)c4ccccc4)n3)cc21. The second-order valence-corrected chi connectivity index (χ2v) is 10.5. The predicted molar refractivity (Wildman–Crippen MR) is 143 cm³/mol. The lowest BCUT2D eigenvalue weighted by Gasteiger charge is -2.21. The van der Waals surface area contributed by atoms with Crippen molar-refractivity contribution in [2.24, 2.45) is 5.41 Å². The number of nitrogens with one attached hydrogen (secondary N) is 4. The van der Waals surface area contributed by atoms with E-state index >= 15 is 0 Å². The van der Waals surface area contributed by atoms with E-state index in [-0.39, 0.29) is 30.2 Å². The lowest BCUT2D eigenvalue weighted by molar-refractivity contribution is -0.192. The summed E-state index contributed by atoms with van der Waals surface area (Å²) in [6, 6.07) is 13.0. The number of carbonyl (C=O) groups is 3. The van der Waals surface area contributed by atoms with Crippen LogP contribution < -0.4 is 21.5 Å². The third kappa shape index (κ3) is 5.44. The molecule has 5 N–H and O–H groups in total. The molecule has 1 saturated carbocycles. The highest BCUT2D eigenvalue weighted by atomic mass is 19.4. The fraction of sp³-hybridized carbons (Fsp3) is 0.321. The van der Waals surface area contributed by atoms with Crippen LogP contribution in [0.5, 0.6) is 0 Å². The number of alkyl halides is 3. The highest BCUT2D eigenvalue weighted by Crippen LogP contribution is 2.57. The highest BCUT2D eigenvalue weighted by molar-refractivity contribution is 6.00. The summed E-state index contributed by atoms with van der Waals surface area (Å²) in [5.74, 6) is -2.82. The van der Waals surface area contributed by atoms with Crippen LogP contribution in [0.4, 0.5) is 30.6 Å². The molecule has 2 aliphatic rings. The summed E-state index contributed by atoms with van der Waals surface area (Å²) in [6.07, 6.45) is -4.37. The molecule has 2 amide bonds. The van der Waals surface area contributed by atoms with Gasteiger partial charge in [-0.05, 0) is 50.5 Å². The third-order valence-electron chi connectivity index (χ3n) is 7.24. The van der Waals surface area contributed by atoms with Gasteiger partial charge in [0.2, 0.25) is 5.95 Å².